The molecule has 0 atom stereocenters. The monoisotopic (exact) mass is 495 g/mol. The highest BCUT2D eigenvalue weighted by Crippen LogP contribution is 2.27. The minimum absolute atomic E-state index is 0.149. The standard InChI is InChI=1S/C23H21N5O4S2/c1-15-24-13-19(33-15)20-25-22(32-18-11-9-17(10-12-18)21(29)28(2)3)27-23(26-20)34(30,31)14-16-7-5-4-6-8-16/h4-13H,14H2,1-3H3. The highest BCUT2D eigenvalue weighted by molar-refractivity contribution is 7.90. The van der Waals surface area contributed by atoms with Gasteiger partial charge in [0, 0.05) is 25.9 Å². The number of carbonyl (C=O) groups is 1. The number of nitrogens with zero attached hydrogens (tertiary/aromatic N) is 5. The SMILES string of the molecule is Cc1ncc(-c2nc(Oc3ccc(C(=O)N(C)C)cc3)nc(S(=O)(=O)Cc3ccccc3)n2)s1. The third-order valence-corrected chi connectivity index (χ3v) is 6.99. The molecule has 0 N–H and O–H groups in total. The molecular weight excluding hydrogens is 474 g/mol. The molecule has 0 saturated carbocycles. The van der Waals surface area contributed by atoms with Crippen LogP contribution in [0.25, 0.3) is 10.7 Å². The first-order valence-corrected chi connectivity index (χ1v) is 12.6. The van der Waals surface area contributed by atoms with E-state index in [2.05, 4.69) is 19.9 Å². The quantitative estimate of drug-likeness (QED) is 0.380. The van der Waals surface area contributed by atoms with E-state index in [-0.39, 0.29) is 28.7 Å². The van der Waals surface area contributed by atoms with Crippen LogP contribution in [0.5, 0.6) is 11.8 Å². The summed E-state index contributed by atoms with van der Waals surface area (Å²) in [4.78, 5) is 31.0. The van der Waals surface area contributed by atoms with Crippen molar-refractivity contribution in [3.63, 3.8) is 0 Å². The van der Waals surface area contributed by atoms with Gasteiger partial charge in [-0.05, 0) is 36.8 Å². The van der Waals surface area contributed by atoms with Crippen LogP contribution in [0.1, 0.15) is 20.9 Å². The van der Waals surface area contributed by atoms with Crippen LogP contribution in [0.4, 0.5) is 0 Å². The Morgan fingerprint density at radius 3 is 2.32 bits per heavy atom. The predicted octanol–water partition coefficient (Wildman–Crippen LogP) is 3.77. The van der Waals surface area contributed by atoms with Crippen molar-refractivity contribution in [2.75, 3.05) is 14.1 Å². The third-order valence-electron chi connectivity index (χ3n) is 4.63. The number of rotatable bonds is 7. The van der Waals surface area contributed by atoms with Gasteiger partial charge in [-0.1, -0.05) is 30.3 Å². The van der Waals surface area contributed by atoms with Crippen molar-refractivity contribution in [2.24, 2.45) is 0 Å². The number of aryl methyl sites for hydroxylation is 1. The number of sulfone groups is 1. The maximum absolute atomic E-state index is 13.1. The van der Waals surface area contributed by atoms with Crippen LogP contribution in [-0.2, 0) is 15.6 Å². The van der Waals surface area contributed by atoms with Crippen LogP contribution < -0.4 is 4.74 Å². The number of hydrogen-bond donors (Lipinski definition) is 0. The Balaban J connectivity index is 1.70. The molecule has 4 rings (SSSR count). The molecule has 2 aromatic heterocycles. The molecule has 0 aliphatic rings. The molecule has 0 fully saturated rings. The van der Waals surface area contributed by atoms with Gasteiger partial charge in [-0.3, -0.25) is 4.79 Å². The molecule has 0 saturated heterocycles. The van der Waals surface area contributed by atoms with Crippen molar-refractivity contribution in [2.45, 2.75) is 17.8 Å². The third kappa shape index (κ3) is 5.43. The fourth-order valence-corrected chi connectivity index (χ4v) is 4.90. The molecule has 11 heteroatoms. The summed E-state index contributed by atoms with van der Waals surface area (Å²) in [5, 5.41) is 0.398. The zero-order chi connectivity index (χ0) is 24.3. The normalized spacial score (nSPS) is 11.3. The Labute approximate surface area is 201 Å². The molecule has 1 amide bonds. The van der Waals surface area contributed by atoms with Gasteiger partial charge in [0.15, 0.2) is 5.82 Å². The highest BCUT2D eigenvalue weighted by atomic mass is 32.2. The van der Waals surface area contributed by atoms with Crippen LogP contribution in [0.15, 0.2) is 66.0 Å². The fourth-order valence-electron chi connectivity index (χ4n) is 2.99. The van der Waals surface area contributed by atoms with Gasteiger partial charge >= 0.3 is 6.01 Å². The smallest absolute Gasteiger partial charge is 0.326 e. The van der Waals surface area contributed by atoms with Gasteiger partial charge in [0.25, 0.3) is 11.1 Å². The van der Waals surface area contributed by atoms with E-state index in [4.69, 9.17) is 4.74 Å². The predicted molar refractivity (Wildman–Crippen MR) is 128 cm³/mol. The second kappa shape index (κ2) is 9.65. The van der Waals surface area contributed by atoms with E-state index in [1.54, 1.807) is 68.8 Å². The number of hydrogen-bond acceptors (Lipinski definition) is 9. The summed E-state index contributed by atoms with van der Waals surface area (Å²) in [5.74, 6) is 0.0876. The molecule has 2 heterocycles. The Morgan fingerprint density at radius 1 is 1.00 bits per heavy atom. The zero-order valence-corrected chi connectivity index (χ0v) is 20.3. The van der Waals surface area contributed by atoms with E-state index < -0.39 is 9.84 Å². The lowest BCUT2D eigenvalue weighted by atomic mass is 10.2. The molecule has 9 nitrogen and oxygen atoms in total. The highest BCUT2D eigenvalue weighted by Gasteiger charge is 2.23. The maximum atomic E-state index is 13.1. The van der Waals surface area contributed by atoms with Gasteiger partial charge in [0.05, 0.1) is 15.6 Å². The van der Waals surface area contributed by atoms with Crippen molar-refractivity contribution >= 4 is 27.1 Å². The van der Waals surface area contributed by atoms with Crippen LogP contribution in [0.3, 0.4) is 0 Å². The second-order valence-electron chi connectivity index (χ2n) is 7.54. The van der Waals surface area contributed by atoms with Crippen LogP contribution in [-0.4, -0.2) is 53.3 Å². The van der Waals surface area contributed by atoms with Crippen LogP contribution >= 0.6 is 11.3 Å². The number of carbonyl (C=O) groups excluding carboxylic acids is 1. The molecule has 0 bridgehead atoms. The van der Waals surface area contributed by atoms with E-state index in [0.29, 0.717) is 21.8 Å². The minimum atomic E-state index is -3.89. The molecule has 0 aliphatic heterocycles. The van der Waals surface area contributed by atoms with Crippen LogP contribution in [0.2, 0.25) is 0 Å². The van der Waals surface area contributed by atoms with E-state index in [1.807, 2.05) is 13.0 Å². The topological polar surface area (TPSA) is 115 Å². The van der Waals surface area contributed by atoms with E-state index in [9.17, 15) is 13.2 Å². The van der Waals surface area contributed by atoms with E-state index >= 15 is 0 Å². The first-order chi connectivity index (χ1) is 16.2. The molecule has 0 radical (unpaired) electrons. The molecule has 4 aromatic rings. The average molecular weight is 496 g/mol. The summed E-state index contributed by atoms with van der Waals surface area (Å²) in [7, 11) is -0.559. The van der Waals surface area contributed by atoms with Gasteiger partial charge in [-0.25, -0.2) is 13.4 Å². The summed E-state index contributed by atoms with van der Waals surface area (Å²) in [5.41, 5.74) is 1.10. The van der Waals surface area contributed by atoms with Gasteiger partial charge < -0.3 is 9.64 Å². The summed E-state index contributed by atoms with van der Waals surface area (Å²) in [6.45, 7) is 1.83. The second-order valence-corrected chi connectivity index (χ2v) is 10.7. The zero-order valence-electron chi connectivity index (χ0n) is 18.7. The fraction of sp³-hybridized carbons (Fsp3) is 0.174. The average Bonchev–Trinajstić information content (AvgIpc) is 3.25. The molecule has 2 aromatic carbocycles. The first-order valence-electron chi connectivity index (χ1n) is 10.2. The number of amides is 1. The van der Waals surface area contributed by atoms with E-state index in [0.717, 1.165) is 5.01 Å². The maximum Gasteiger partial charge on any atom is 0.326 e. The number of benzene rings is 2. The number of ether oxygens (including phenoxy) is 1. The molecule has 0 unspecified atom stereocenters. The van der Waals surface area contributed by atoms with Crippen molar-refractivity contribution in [1.29, 1.82) is 0 Å². The van der Waals surface area contributed by atoms with Gasteiger partial charge in [-0.2, -0.15) is 15.0 Å². The summed E-state index contributed by atoms with van der Waals surface area (Å²) in [6, 6.07) is 15.0. The van der Waals surface area contributed by atoms with Crippen LogP contribution in [0, 0.1) is 6.92 Å². The summed E-state index contributed by atoms with van der Waals surface area (Å²) < 4.78 is 32.0. The Kier molecular flexibility index (Phi) is 6.66. The van der Waals surface area contributed by atoms with Crippen molar-refractivity contribution in [1.82, 2.24) is 24.8 Å². The summed E-state index contributed by atoms with van der Waals surface area (Å²) >= 11 is 1.33. The Morgan fingerprint density at radius 2 is 1.71 bits per heavy atom. The molecule has 0 aliphatic carbocycles. The van der Waals surface area contributed by atoms with Crippen molar-refractivity contribution < 1.29 is 17.9 Å². The molecular formula is C23H21N5O4S2. The number of aromatic nitrogens is 4. The van der Waals surface area contributed by atoms with Crippen molar-refractivity contribution in [3.05, 3.63) is 76.9 Å². The van der Waals surface area contributed by atoms with Gasteiger partial charge in [-0.15, -0.1) is 11.3 Å². The van der Waals surface area contributed by atoms with E-state index in [1.165, 1.54) is 16.2 Å². The largest absolute Gasteiger partial charge is 0.424 e. The van der Waals surface area contributed by atoms with Gasteiger partial charge in [0.2, 0.25) is 9.84 Å². The molecule has 174 valence electrons. The molecule has 0 spiro atoms. The lowest BCUT2D eigenvalue weighted by Crippen LogP contribution is -2.21. The Bertz CT molecular complexity index is 1420. The Hall–Kier alpha value is -3.70. The van der Waals surface area contributed by atoms with Gasteiger partial charge in [0.1, 0.15) is 5.75 Å². The molecule has 34 heavy (non-hydrogen) atoms. The minimum Gasteiger partial charge on any atom is -0.424 e. The van der Waals surface area contributed by atoms with Crippen molar-refractivity contribution in [3.8, 4) is 22.5 Å². The summed E-state index contributed by atoms with van der Waals surface area (Å²) in [6.07, 6.45) is 1.58. The first kappa shape index (κ1) is 23.5. The lowest BCUT2D eigenvalue weighted by molar-refractivity contribution is 0.0827. The number of thiazole rings is 1. The lowest BCUT2D eigenvalue weighted by Gasteiger charge is -2.11.